The van der Waals surface area contributed by atoms with Gasteiger partial charge in [0, 0.05) is 13.0 Å². The second-order valence-corrected chi connectivity index (χ2v) is 19.1. The number of aliphatic hydroxyl groups excluding tert-OH is 1. The van der Waals surface area contributed by atoms with Crippen LogP contribution < -0.4 is 70.8 Å². The van der Waals surface area contributed by atoms with Gasteiger partial charge in [-0.25, -0.2) is 0 Å². The zero-order chi connectivity index (χ0) is 52.8. The van der Waals surface area contributed by atoms with Crippen molar-refractivity contribution in [3.63, 3.8) is 0 Å². The number of aliphatic hydroxyl groups is 1. The third kappa shape index (κ3) is 24.7. The Morgan fingerprint density at radius 3 is 1.50 bits per heavy atom. The van der Waals surface area contributed by atoms with Crippen molar-refractivity contribution >= 4 is 53.2 Å². The highest BCUT2D eigenvalue weighted by Gasteiger charge is 2.36. The van der Waals surface area contributed by atoms with Crippen molar-refractivity contribution in [2.75, 3.05) is 32.7 Å². The second-order valence-electron chi connectivity index (χ2n) is 19.1. The van der Waals surface area contributed by atoms with E-state index in [0.717, 1.165) is 38.5 Å². The Morgan fingerprint density at radius 2 is 1.03 bits per heavy atom. The second kappa shape index (κ2) is 35.2. The number of carbonyl (C=O) groups is 9. The van der Waals surface area contributed by atoms with Crippen molar-refractivity contribution in [1.82, 2.24) is 47.9 Å². The number of hydrogen-bond acceptors (Lipinski definition) is 14. The molecule has 0 aliphatic carbocycles. The first kappa shape index (κ1) is 63.0. The third-order valence-electron chi connectivity index (χ3n) is 11.7. The summed E-state index contributed by atoms with van der Waals surface area (Å²) in [5, 5.41) is 34.4. The minimum Gasteiger partial charge on any atom is -0.391 e. The van der Waals surface area contributed by atoms with Gasteiger partial charge in [-0.2, -0.15) is 0 Å². The van der Waals surface area contributed by atoms with Gasteiger partial charge < -0.3 is 75.9 Å². The average Bonchev–Trinajstić information content (AvgIpc) is 3.29. The molecule has 0 unspecified atom stereocenters. The van der Waals surface area contributed by atoms with E-state index in [0.29, 0.717) is 6.42 Å². The topological polar surface area (TPSA) is 386 Å². The lowest BCUT2D eigenvalue weighted by molar-refractivity contribution is -0.136. The predicted octanol–water partition coefficient (Wildman–Crippen LogP) is -2.22. The molecule has 1 heterocycles. The predicted molar refractivity (Wildman–Crippen MR) is 266 cm³/mol. The first-order valence-corrected chi connectivity index (χ1v) is 25.4. The molecule has 18 N–H and O–H groups in total. The molecule has 9 atom stereocenters. The Balaban J connectivity index is 3.79. The van der Waals surface area contributed by atoms with Crippen LogP contribution in [0.3, 0.4) is 0 Å². The molecular formula is C47H89N13O10. The van der Waals surface area contributed by atoms with E-state index in [2.05, 4.69) is 54.8 Å². The van der Waals surface area contributed by atoms with Gasteiger partial charge in [-0.3, -0.25) is 43.2 Å². The van der Waals surface area contributed by atoms with Crippen LogP contribution in [0.4, 0.5) is 0 Å². The highest BCUT2D eigenvalue weighted by atomic mass is 16.3. The molecule has 0 saturated carbocycles. The van der Waals surface area contributed by atoms with Crippen molar-refractivity contribution in [2.45, 2.75) is 199 Å². The van der Waals surface area contributed by atoms with Gasteiger partial charge in [0.15, 0.2) is 0 Å². The fourth-order valence-electron chi connectivity index (χ4n) is 7.82. The Morgan fingerprint density at radius 1 is 0.571 bits per heavy atom. The summed E-state index contributed by atoms with van der Waals surface area (Å²) >= 11 is 0. The fourth-order valence-corrected chi connectivity index (χ4v) is 7.82. The van der Waals surface area contributed by atoms with Crippen molar-refractivity contribution in [1.29, 1.82) is 0 Å². The van der Waals surface area contributed by atoms with Gasteiger partial charge in [-0.05, 0) is 103 Å². The number of unbranched alkanes of at least 4 members (excludes halogenated alkanes) is 6. The lowest BCUT2D eigenvalue weighted by Gasteiger charge is -2.29. The zero-order valence-corrected chi connectivity index (χ0v) is 42.6. The van der Waals surface area contributed by atoms with E-state index in [1.807, 2.05) is 27.7 Å². The van der Waals surface area contributed by atoms with Crippen molar-refractivity contribution in [2.24, 2.45) is 34.8 Å². The molecule has 9 amide bonds. The summed E-state index contributed by atoms with van der Waals surface area (Å²) < 4.78 is 0. The average molecular weight is 996 g/mol. The van der Waals surface area contributed by atoms with E-state index in [4.69, 9.17) is 22.9 Å². The summed E-state index contributed by atoms with van der Waals surface area (Å²) in [4.78, 5) is 124. The molecule has 23 heteroatoms. The van der Waals surface area contributed by atoms with Crippen molar-refractivity contribution in [3.8, 4) is 0 Å². The summed E-state index contributed by atoms with van der Waals surface area (Å²) in [6.45, 7) is 10.4. The van der Waals surface area contributed by atoms with E-state index in [1.54, 1.807) is 0 Å². The molecule has 70 heavy (non-hydrogen) atoms. The quantitative estimate of drug-likeness (QED) is 0.0432. The molecule has 0 radical (unpaired) electrons. The molecule has 1 fully saturated rings. The smallest absolute Gasteiger partial charge is 0.245 e. The molecule has 1 aliphatic rings. The summed E-state index contributed by atoms with van der Waals surface area (Å²) in [5.74, 6) is -7.06. The maximum absolute atomic E-state index is 14.3. The SMILES string of the molecule is CCCCCCCCCC(=O)N[C@H](CCN)C(=O)N[C@H]1CCNC(=O)[C@H]([C@@H](C)O)NC(=O)[C@H](CCN)NC(=O)[C@H](CCN)NC(=O)[C@H](CC(C)C)NC(=O)[C@@H](CC(C)C)NC(=O)[C@H](CCCN)NC1=O. The first-order chi connectivity index (χ1) is 33.2. The van der Waals surface area contributed by atoms with Gasteiger partial charge in [-0.1, -0.05) is 73.1 Å². The highest BCUT2D eigenvalue weighted by molar-refractivity contribution is 5.98. The van der Waals surface area contributed by atoms with Crippen LogP contribution in [0, 0.1) is 11.8 Å². The summed E-state index contributed by atoms with van der Waals surface area (Å²) in [5.41, 5.74) is 23.3. The lowest BCUT2D eigenvalue weighted by atomic mass is 9.99. The van der Waals surface area contributed by atoms with Gasteiger partial charge in [0.25, 0.3) is 0 Å². The summed E-state index contributed by atoms with van der Waals surface area (Å²) in [7, 11) is 0. The largest absolute Gasteiger partial charge is 0.391 e. The van der Waals surface area contributed by atoms with Gasteiger partial charge >= 0.3 is 0 Å². The van der Waals surface area contributed by atoms with E-state index in [9.17, 15) is 48.3 Å². The normalized spacial score (nSPS) is 23.7. The zero-order valence-electron chi connectivity index (χ0n) is 42.6. The highest BCUT2D eigenvalue weighted by Crippen LogP contribution is 2.13. The number of carbonyl (C=O) groups excluding carboxylic acids is 9. The van der Waals surface area contributed by atoms with E-state index < -0.39 is 102 Å². The number of rotatable bonds is 25. The van der Waals surface area contributed by atoms with Crippen LogP contribution in [0.2, 0.25) is 0 Å². The Kier molecular flexibility index (Phi) is 31.7. The monoisotopic (exact) mass is 996 g/mol. The van der Waals surface area contributed by atoms with Crippen molar-refractivity contribution < 1.29 is 48.3 Å². The third-order valence-corrected chi connectivity index (χ3v) is 11.7. The molecule has 1 rings (SSSR count). The number of amides is 9. The maximum Gasteiger partial charge on any atom is 0.245 e. The van der Waals surface area contributed by atoms with Crippen LogP contribution in [-0.2, 0) is 43.2 Å². The van der Waals surface area contributed by atoms with E-state index in [-0.39, 0.29) is 108 Å². The Bertz CT molecular complexity index is 1650. The van der Waals surface area contributed by atoms with Crippen molar-refractivity contribution in [3.05, 3.63) is 0 Å². The van der Waals surface area contributed by atoms with Crippen LogP contribution >= 0.6 is 0 Å². The van der Waals surface area contributed by atoms with Crippen LogP contribution in [0.1, 0.15) is 144 Å². The molecular weight excluding hydrogens is 907 g/mol. The molecule has 0 bridgehead atoms. The standard InChI is InChI=1S/C47H89N13O10/c1-7-8-9-10-11-12-13-16-38(62)53-32(17-22-49)41(64)57-35-20-25-52-47(70)39(30(6)61)60-44(67)34(19-24-51)55-42(65)33(18-23-50)56-45(68)36(26-28(2)3)59-46(69)37(27-29(4)5)58-40(63)31(15-14-21-48)54-43(35)66/h28-37,39,61H,7-27,48-51H2,1-6H3,(H,52,70)(H,53,62)(H,54,66)(H,55,65)(H,56,68)(H,57,64)(H,58,63)(H,59,69)(H,60,67)/t30-,31+,32-,33+,34+,35+,36+,37-,39+/m1/s1. The molecule has 0 aromatic rings. The summed E-state index contributed by atoms with van der Waals surface area (Å²) in [6, 6.07) is -10.5. The van der Waals surface area contributed by atoms with Crippen LogP contribution in [0.25, 0.3) is 0 Å². The van der Waals surface area contributed by atoms with Gasteiger partial charge in [0.2, 0.25) is 53.2 Å². The summed E-state index contributed by atoms with van der Waals surface area (Å²) in [6.07, 6.45) is 5.65. The molecule has 1 aliphatic heterocycles. The van der Waals surface area contributed by atoms with E-state index in [1.165, 1.54) is 6.92 Å². The molecule has 0 aromatic heterocycles. The van der Waals surface area contributed by atoms with E-state index >= 15 is 0 Å². The fraction of sp³-hybridized carbons (Fsp3) is 0.809. The Hall–Kier alpha value is -4.97. The molecule has 1 saturated heterocycles. The Labute approximate surface area is 414 Å². The number of nitrogens with one attached hydrogen (secondary N) is 9. The maximum atomic E-state index is 14.3. The van der Waals surface area contributed by atoms with Crippen LogP contribution in [0.5, 0.6) is 0 Å². The lowest BCUT2D eigenvalue weighted by Crippen LogP contribution is -2.61. The minimum absolute atomic E-state index is 0.00854. The van der Waals surface area contributed by atoms with Crippen LogP contribution in [-0.4, -0.2) is 145 Å². The minimum atomic E-state index is -1.59. The van der Waals surface area contributed by atoms with Gasteiger partial charge in [0.1, 0.15) is 48.3 Å². The molecule has 0 aromatic carbocycles. The first-order valence-electron chi connectivity index (χ1n) is 25.4. The number of nitrogens with two attached hydrogens (primary N) is 4. The van der Waals surface area contributed by atoms with Crippen LogP contribution in [0.15, 0.2) is 0 Å². The number of hydrogen-bond donors (Lipinski definition) is 14. The molecule has 402 valence electrons. The molecule has 23 nitrogen and oxygen atoms in total. The molecule has 0 spiro atoms. The van der Waals surface area contributed by atoms with Gasteiger partial charge in [0.05, 0.1) is 6.10 Å². The van der Waals surface area contributed by atoms with Gasteiger partial charge in [-0.15, -0.1) is 0 Å².